The normalized spacial score (nSPS) is 10.0. The number of hydrogen-bond donors (Lipinski definition) is 2. The smallest absolute Gasteiger partial charge is 0.321 e. The number of benzene rings is 1. The molecule has 0 fully saturated rings. The molecule has 0 saturated carbocycles. The predicted molar refractivity (Wildman–Crippen MR) is 80.8 cm³/mol. The highest BCUT2D eigenvalue weighted by Gasteiger charge is 2.07. The molecular weight excluding hydrogens is 290 g/mol. The number of aromatic nitrogens is 3. The van der Waals surface area contributed by atoms with Gasteiger partial charge in [0, 0.05) is 24.6 Å². The predicted octanol–water partition coefficient (Wildman–Crippen LogP) is 2.03. The number of carbonyl (C=O) groups excluding carboxylic acids is 1. The van der Waals surface area contributed by atoms with Crippen LogP contribution in [0.4, 0.5) is 11.6 Å². The van der Waals surface area contributed by atoms with Crippen molar-refractivity contribution in [2.24, 2.45) is 0 Å². The summed E-state index contributed by atoms with van der Waals surface area (Å²) in [6.45, 7) is 1.47. The molecule has 2 aromatic rings. The van der Waals surface area contributed by atoms with Gasteiger partial charge in [-0.3, -0.25) is 4.79 Å². The van der Waals surface area contributed by atoms with Crippen LogP contribution in [0.2, 0.25) is 0 Å². The molecule has 0 unspecified atom stereocenters. The second-order valence-electron chi connectivity index (χ2n) is 3.99. The first-order valence-corrected chi connectivity index (χ1v) is 6.95. The Bertz CT molecular complexity index is 611. The average molecular weight is 305 g/mol. The highest BCUT2D eigenvalue weighted by molar-refractivity contribution is 7.99. The standard InChI is InChI=1S/C13H15N5O2S/c1-8(19)15-9-4-6-10(7-5-9)21-13-17-11(14-2)16-12(18-13)20-3/h4-7H,1-3H3,(H,15,19)(H,14,16,17,18). The minimum absolute atomic E-state index is 0.101. The molecule has 110 valence electrons. The first-order valence-electron chi connectivity index (χ1n) is 6.14. The topological polar surface area (TPSA) is 89.0 Å². The number of amides is 1. The monoisotopic (exact) mass is 305 g/mol. The van der Waals surface area contributed by atoms with Crippen molar-refractivity contribution in [3.63, 3.8) is 0 Å². The summed E-state index contributed by atoms with van der Waals surface area (Å²) in [7, 11) is 3.23. The third-order valence-electron chi connectivity index (χ3n) is 2.38. The molecule has 1 aromatic heterocycles. The zero-order chi connectivity index (χ0) is 15.2. The van der Waals surface area contributed by atoms with E-state index in [1.54, 1.807) is 7.05 Å². The van der Waals surface area contributed by atoms with Gasteiger partial charge in [-0.25, -0.2) is 0 Å². The first kappa shape index (κ1) is 15.0. The van der Waals surface area contributed by atoms with Gasteiger partial charge in [0.1, 0.15) is 0 Å². The SMILES string of the molecule is CNc1nc(OC)nc(Sc2ccc(NC(C)=O)cc2)n1. The summed E-state index contributed by atoms with van der Waals surface area (Å²) < 4.78 is 5.03. The minimum Gasteiger partial charge on any atom is -0.467 e. The number of nitrogens with zero attached hydrogens (tertiary/aromatic N) is 3. The van der Waals surface area contributed by atoms with E-state index in [1.165, 1.54) is 25.8 Å². The molecule has 2 N–H and O–H groups in total. The quantitative estimate of drug-likeness (QED) is 0.873. The molecular formula is C13H15N5O2S. The Labute approximate surface area is 126 Å². The van der Waals surface area contributed by atoms with Crippen molar-refractivity contribution >= 4 is 29.3 Å². The molecule has 0 radical (unpaired) electrons. The van der Waals surface area contributed by atoms with Gasteiger partial charge >= 0.3 is 6.01 Å². The van der Waals surface area contributed by atoms with E-state index in [-0.39, 0.29) is 11.9 Å². The first-order chi connectivity index (χ1) is 10.1. The van der Waals surface area contributed by atoms with Crippen LogP contribution < -0.4 is 15.4 Å². The maximum atomic E-state index is 11.0. The number of methoxy groups -OCH3 is 1. The average Bonchev–Trinajstić information content (AvgIpc) is 2.48. The molecule has 1 heterocycles. The molecule has 2 rings (SSSR count). The molecule has 1 aromatic carbocycles. The van der Waals surface area contributed by atoms with Gasteiger partial charge in [0.25, 0.3) is 0 Å². The highest BCUT2D eigenvalue weighted by atomic mass is 32.2. The van der Waals surface area contributed by atoms with E-state index >= 15 is 0 Å². The summed E-state index contributed by atoms with van der Waals surface area (Å²) in [5.41, 5.74) is 0.746. The van der Waals surface area contributed by atoms with Gasteiger partial charge in [-0.2, -0.15) is 15.0 Å². The van der Waals surface area contributed by atoms with Gasteiger partial charge in [-0.15, -0.1) is 0 Å². The van der Waals surface area contributed by atoms with Crippen molar-refractivity contribution in [3.05, 3.63) is 24.3 Å². The van der Waals surface area contributed by atoms with Gasteiger partial charge in [-0.05, 0) is 36.0 Å². The van der Waals surface area contributed by atoms with Crippen LogP contribution in [0.15, 0.2) is 34.3 Å². The second kappa shape index (κ2) is 6.89. The third kappa shape index (κ3) is 4.32. The van der Waals surface area contributed by atoms with Crippen molar-refractivity contribution in [2.75, 3.05) is 24.8 Å². The van der Waals surface area contributed by atoms with E-state index in [0.717, 1.165) is 10.6 Å². The fraction of sp³-hybridized carbons (Fsp3) is 0.231. The number of hydrogen-bond acceptors (Lipinski definition) is 7. The van der Waals surface area contributed by atoms with Crippen molar-refractivity contribution in [3.8, 4) is 6.01 Å². The Balaban J connectivity index is 2.15. The maximum absolute atomic E-state index is 11.0. The van der Waals surface area contributed by atoms with Crippen LogP contribution in [0.25, 0.3) is 0 Å². The van der Waals surface area contributed by atoms with E-state index < -0.39 is 0 Å². The van der Waals surface area contributed by atoms with Gasteiger partial charge in [-0.1, -0.05) is 0 Å². The lowest BCUT2D eigenvalue weighted by molar-refractivity contribution is -0.114. The molecule has 0 spiro atoms. The molecule has 0 bridgehead atoms. The molecule has 8 heteroatoms. The number of ether oxygens (including phenoxy) is 1. The molecule has 1 amide bonds. The zero-order valence-electron chi connectivity index (χ0n) is 11.9. The van der Waals surface area contributed by atoms with Crippen molar-refractivity contribution in [1.82, 2.24) is 15.0 Å². The molecule has 0 aliphatic carbocycles. The number of carbonyl (C=O) groups is 1. The molecule has 0 saturated heterocycles. The van der Waals surface area contributed by atoms with Crippen LogP contribution in [0, 0.1) is 0 Å². The summed E-state index contributed by atoms with van der Waals surface area (Å²) in [6.07, 6.45) is 0. The summed E-state index contributed by atoms with van der Waals surface area (Å²) in [4.78, 5) is 24.4. The van der Waals surface area contributed by atoms with Gasteiger partial charge in [0.05, 0.1) is 7.11 Å². The molecule has 7 nitrogen and oxygen atoms in total. The fourth-order valence-corrected chi connectivity index (χ4v) is 2.24. The van der Waals surface area contributed by atoms with Crippen molar-refractivity contribution < 1.29 is 9.53 Å². The molecule has 21 heavy (non-hydrogen) atoms. The van der Waals surface area contributed by atoms with Gasteiger partial charge in [0.15, 0.2) is 0 Å². The van der Waals surface area contributed by atoms with E-state index in [1.807, 2.05) is 24.3 Å². The van der Waals surface area contributed by atoms with Crippen molar-refractivity contribution in [2.45, 2.75) is 17.0 Å². The van der Waals surface area contributed by atoms with Gasteiger partial charge in [0.2, 0.25) is 17.0 Å². The van der Waals surface area contributed by atoms with Crippen LogP contribution in [0.3, 0.4) is 0 Å². The fourth-order valence-electron chi connectivity index (χ4n) is 1.50. The summed E-state index contributed by atoms with van der Waals surface area (Å²) in [5.74, 6) is 0.343. The highest BCUT2D eigenvalue weighted by Crippen LogP contribution is 2.27. The van der Waals surface area contributed by atoms with Crippen molar-refractivity contribution in [1.29, 1.82) is 0 Å². The summed E-state index contributed by atoms with van der Waals surface area (Å²) >= 11 is 1.38. The summed E-state index contributed by atoms with van der Waals surface area (Å²) in [5, 5.41) is 6.09. The van der Waals surface area contributed by atoms with Crippen LogP contribution in [0.1, 0.15) is 6.92 Å². The molecule has 0 aliphatic heterocycles. The van der Waals surface area contributed by atoms with E-state index in [0.29, 0.717) is 11.1 Å². The molecule has 0 aliphatic rings. The lowest BCUT2D eigenvalue weighted by Crippen LogP contribution is -2.05. The lowest BCUT2D eigenvalue weighted by atomic mass is 10.3. The largest absolute Gasteiger partial charge is 0.467 e. The Kier molecular flexibility index (Phi) is 4.94. The third-order valence-corrected chi connectivity index (χ3v) is 3.26. The van der Waals surface area contributed by atoms with E-state index in [2.05, 4.69) is 25.6 Å². The number of anilines is 2. The van der Waals surface area contributed by atoms with E-state index in [9.17, 15) is 4.79 Å². The number of rotatable bonds is 5. The van der Waals surface area contributed by atoms with E-state index in [4.69, 9.17) is 4.74 Å². The lowest BCUT2D eigenvalue weighted by Gasteiger charge is -2.06. The van der Waals surface area contributed by atoms with Crippen LogP contribution in [-0.2, 0) is 4.79 Å². The Morgan fingerprint density at radius 2 is 1.90 bits per heavy atom. The van der Waals surface area contributed by atoms with Crippen LogP contribution in [0.5, 0.6) is 6.01 Å². The Morgan fingerprint density at radius 3 is 2.48 bits per heavy atom. The van der Waals surface area contributed by atoms with Crippen LogP contribution in [-0.4, -0.2) is 35.0 Å². The minimum atomic E-state index is -0.101. The van der Waals surface area contributed by atoms with Gasteiger partial charge < -0.3 is 15.4 Å². The maximum Gasteiger partial charge on any atom is 0.321 e. The second-order valence-corrected chi connectivity index (χ2v) is 5.03. The molecule has 0 atom stereocenters. The number of nitrogens with one attached hydrogen (secondary N) is 2. The Morgan fingerprint density at radius 1 is 1.19 bits per heavy atom. The zero-order valence-corrected chi connectivity index (χ0v) is 12.7. The summed E-state index contributed by atoms with van der Waals surface area (Å²) in [6, 6.07) is 7.66. The Hall–Kier alpha value is -2.35. The van der Waals surface area contributed by atoms with Crippen LogP contribution >= 0.6 is 11.8 Å².